The number of nitrogens with one attached hydrogen (secondary N) is 2. The number of rotatable bonds is 6. The molecule has 0 atom stereocenters. The quantitative estimate of drug-likeness (QED) is 0.408. The minimum Gasteiger partial charge on any atom is -0.321 e. The number of aromatic nitrogens is 5. The zero-order valence-electron chi connectivity index (χ0n) is 18.2. The fourth-order valence-electron chi connectivity index (χ4n) is 3.03. The van der Waals surface area contributed by atoms with Crippen LogP contribution in [0, 0.1) is 18.3 Å². The van der Waals surface area contributed by atoms with E-state index < -0.39 is 0 Å². The van der Waals surface area contributed by atoms with Crippen molar-refractivity contribution in [1.29, 1.82) is 5.26 Å². The molecule has 0 spiro atoms. The number of anilines is 2. The predicted molar refractivity (Wildman–Crippen MR) is 128 cm³/mol. The summed E-state index contributed by atoms with van der Waals surface area (Å²) in [7, 11) is 0. The maximum atomic E-state index is 12.8. The van der Waals surface area contributed by atoms with E-state index in [2.05, 4.69) is 37.5 Å². The second-order valence-corrected chi connectivity index (χ2v) is 8.24. The molecular formula is C23H18N8O2S. The van der Waals surface area contributed by atoms with E-state index in [0.29, 0.717) is 39.0 Å². The summed E-state index contributed by atoms with van der Waals surface area (Å²) in [5.74, 6) is -0.550. The van der Waals surface area contributed by atoms with Gasteiger partial charge in [-0.2, -0.15) is 5.26 Å². The lowest BCUT2D eigenvalue weighted by Crippen LogP contribution is -2.13. The third-order valence-electron chi connectivity index (χ3n) is 4.71. The summed E-state index contributed by atoms with van der Waals surface area (Å²) in [6, 6.07) is 10.4. The van der Waals surface area contributed by atoms with Crippen LogP contribution < -0.4 is 10.6 Å². The molecule has 2 N–H and O–H groups in total. The van der Waals surface area contributed by atoms with Crippen LogP contribution in [0.15, 0.2) is 55.5 Å². The van der Waals surface area contributed by atoms with Crippen LogP contribution in [0.3, 0.4) is 0 Å². The van der Waals surface area contributed by atoms with Crippen molar-refractivity contribution in [2.75, 3.05) is 10.6 Å². The topological polar surface area (TPSA) is 138 Å². The van der Waals surface area contributed by atoms with Gasteiger partial charge < -0.3 is 10.6 Å². The number of pyridine rings is 1. The van der Waals surface area contributed by atoms with Crippen molar-refractivity contribution in [2.45, 2.75) is 13.8 Å². The first kappa shape index (κ1) is 22.5. The van der Waals surface area contributed by atoms with Crippen LogP contribution in [0.5, 0.6) is 0 Å². The van der Waals surface area contributed by atoms with Gasteiger partial charge in [0.1, 0.15) is 5.69 Å². The van der Waals surface area contributed by atoms with E-state index >= 15 is 0 Å². The Kier molecular flexibility index (Phi) is 6.24. The molecule has 1 aromatic carbocycles. The van der Waals surface area contributed by atoms with Crippen molar-refractivity contribution in [1.82, 2.24) is 25.0 Å². The third-order valence-corrected chi connectivity index (χ3v) is 5.64. The number of nitriles is 1. The first-order valence-corrected chi connectivity index (χ1v) is 10.8. The van der Waals surface area contributed by atoms with Crippen molar-refractivity contribution in [3.05, 3.63) is 72.3 Å². The van der Waals surface area contributed by atoms with Crippen LogP contribution >= 0.6 is 11.3 Å². The number of carbonyl (C=O) groups excluding carboxylic acids is 2. The highest BCUT2D eigenvalue weighted by atomic mass is 32.1. The molecule has 4 rings (SSSR count). The monoisotopic (exact) mass is 470 g/mol. The first-order valence-electron chi connectivity index (χ1n) is 9.98. The molecule has 0 aliphatic rings. The Hall–Kier alpha value is -4.69. The molecule has 2 amide bonds. The molecular weight excluding hydrogens is 452 g/mol. The van der Waals surface area contributed by atoms with Crippen LogP contribution in [-0.2, 0) is 4.79 Å². The molecule has 0 aliphatic heterocycles. The van der Waals surface area contributed by atoms with Gasteiger partial charge in [-0.3, -0.25) is 14.6 Å². The first-order chi connectivity index (χ1) is 16.3. The molecule has 10 nitrogen and oxygen atoms in total. The Bertz CT molecular complexity index is 1460. The summed E-state index contributed by atoms with van der Waals surface area (Å²) in [6.45, 7) is 6.92. The van der Waals surface area contributed by atoms with Crippen LogP contribution in [0.25, 0.3) is 21.8 Å². The fourth-order valence-corrected chi connectivity index (χ4v) is 3.85. The Morgan fingerprint density at radius 3 is 2.71 bits per heavy atom. The number of benzene rings is 1. The van der Waals surface area contributed by atoms with Crippen LogP contribution in [-0.4, -0.2) is 36.8 Å². The Labute approximate surface area is 198 Å². The summed E-state index contributed by atoms with van der Waals surface area (Å²) in [5.41, 5.74) is 3.62. The lowest BCUT2D eigenvalue weighted by atomic mass is 10.1. The van der Waals surface area contributed by atoms with Gasteiger partial charge in [0.15, 0.2) is 5.13 Å². The van der Waals surface area contributed by atoms with E-state index in [0.717, 1.165) is 4.88 Å². The van der Waals surface area contributed by atoms with Crippen molar-refractivity contribution in [3.63, 3.8) is 0 Å². The van der Waals surface area contributed by atoms with E-state index in [4.69, 9.17) is 5.26 Å². The molecule has 0 fully saturated rings. The highest BCUT2D eigenvalue weighted by Gasteiger charge is 2.14. The fraction of sp³-hybridized carbons (Fsp3) is 0.0870. The summed E-state index contributed by atoms with van der Waals surface area (Å²) in [5, 5.41) is 23.3. The van der Waals surface area contributed by atoms with Gasteiger partial charge in [-0.15, -0.1) is 5.10 Å². The van der Waals surface area contributed by atoms with Crippen LogP contribution in [0.4, 0.5) is 10.8 Å². The van der Waals surface area contributed by atoms with Crippen molar-refractivity contribution < 1.29 is 9.59 Å². The Morgan fingerprint density at radius 2 is 1.94 bits per heavy atom. The number of nitrogens with zero attached hydrogens (tertiary/aromatic N) is 6. The third kappa shape index (κ3) is 4.87. The largest absolute Gasteiger partial charge is 0.321 e. The molecule has 3 heterocycles. The number of hydrogen-bond donors (Lipinski definition) is 2. The van der Waals surface area contributed by atoms with Gasteiger partial charge in [0.25, 0.3) is 5.91 Å². The average molecular weight is 471 g/mol. The van der Waals surface area contributed by atoms with Crippen LogP contribution in [0.1, 0.15) is 28.5 Å². The standard InChI is InChI=1S/C23H18N8O2S/c1-13(9-24)16-5-4-6-17(7-16)22(33)28-18-8-20(14(2)25-10-18)31-12-19(29-30-31)21-11-26-23(34-21)27-15(3)32/h4-8,10-12H,1H2,2-3H3,(H,28,33)(H,26,27,32). The van der Waals surface area contributed by atoms with Gasteiger partial charge in [0, 0.05) is 18.7 Å². The van der Waals surface area contributed by atoms with E-state index in [9.17, 15) is 9.59 Å². The van der Waals surface area contributed by atoms with E-state index in [1.54, 1.807) is 53.6 Å². The molecule has 3 aromatic heterocycles. The Morgan fingerprint density at radius 1 is 1.15 bits per heavy atom. The molecule has 0 saturated carbocycles. The average Bonchev–Trinajstić information content (AvgIpc) is 3.49. The summed E-state index contributed by atoms with van der Waals surface area (Å²) < 4.78 is 1.56. The summed E-state index contributed by atoms with van der Waals surface area (Å²) in [6.07, 6.45) is 4.88. The van der Waals surface area contributed by atoms with Crippen LogP contribution in [0.2, 0.25) is 0 Å². The van der Waals surface area contributed by atoms with E-state index in [1.807, 2.05) is 13.0 Å². The molecule has 0 radical (unpaired) electrons. The van der Waals surface area contributed by atoms with Gasteiger partial charge in [-0.25, -0.2) is 9.67 Å². The van der Waals surface area contributed by atoms with Crippen molar-refractivity contribution in [2.24, 2.45) is 0 Å². The molecule has 0 bridgehead atoms. The zero-order valence-corrected chi connectivity index (χ0v) is 19.1. The van der Waals surface area contributed by atoms with Gasteiger partial charge in [-0.1, -0.05) is 35.3 Å². The van der Waals surface area contributed by atoms with E-state index in [-0.39, 0.29) is 17.4 Å². The van der Waals surface area contributed by atoms with Gasteiger partial charge in [0.2, 0.25) is 5.91 Å². The second kappa shape index (κ2) is 9.43. The number of allylic oxidation sites excluding steroid dienone is 1. The van der Waals surface area contributed by atoms with Crippen molar-refractivity contribution >= 4 is 39.5 Å². The predicted octanol–water partition coefficient (Wildman–Crippen LogP) is 3.84. The minimum atomic E-state index is -0.348. The number of amides is 2. The van der Waals surface area contributed by atoms with Gasteiger partial charge in [0.05, 0.1) is 46.0 Å². The Balaban J connectivity index is 1.56. The van der Waals surface area contributed by atoms with Gasteiger partial charge >= 0.3 is 0 Å². The minimum absolute atomic E-state index is 0.202. The highest BCUT2D eigenvalue weighted by molar-refractivity contribution is 7.19. The maximum absolute atomic E-state index is 12.8. The second-order valence-electron chi connectivity index (χ2n) is 7.21. The molecule has 168 valence electrons. The molecule has 11 heteroatoms. The number of thiazole rings is 1. The smallest absolute Gasteiger partial charge is 0.255 e. The van der Waals surface area contributed by atoms with Crippen molar-refractivity contribution in [3.8, 4) is 22.3 Å². The molecule has 0 unspecified atom stereocenters. The lowest BCUT2D eigenvalue weighted by molar-refractivity contribution is -0.114. The SMILES string of the molecule is C=C(C#N)c1cccc(C(=O)Nc2cnc(C)c(-n3cc(-c4cnc(NC(C)=O)s4)nn3)c2)c1. The molecule has 4 aromatic rings. The normalized spacial score (nSPS) is 10.4. The van der Waals surface area contributed by atoms with Gasteiger partial charge in [-0.05, 0) is 30.7 Å². The molecule has 34 heavy (non-hydrogen) atoms. The summed E-state index contributed by atoms with van der Waals surface area (Å²) in [4.78, 5) is 33.2. The molecule has 0 aliphatic carbocycles. The number of carbonyl (C=O) groups is 2. The number of aryl methyl sites for hydroxylation is 1. The highest BCUT2D eigenvalue weighted by Crippen LogP contribution is 2.28. The summed E-state index contributed by atoms with van der Waals surface area (Å²) >= 11 is 1.28. The number of hydrogen-bond acceptors (Lipinski definition) is 8. The zero-order chi connectivity index (χ0) is 24.2. The molecule has 0 saturated heterocycles. The van der Waals surface area contributed by atoms with E-state index in [1.165, 1.54) is 18.3 Å². The maximum Gasteiger partial charge on any atom is 0.255 e. The lowest BCUT2D eigenvalue weighted by Gasteiger charge is -2.10.